The van der Waals surface area contributed by atoms with Gasteiger partial charge < -0.3 is 23.7 Å². The Kier molecular flexibility index (Phi) is 4.19. The van der Waals surface area contributed by atoms with E-state index < -0.39 is 5.97 Å². The molecule has 0 saturated carbocycles. The summed E-state index contributed by atoms with van der Waals surface area (Å²) in [7, 11) is 3.63. The van der Waals surface area contributed by atoms with Crippen LogP contribution in [0.2, 0.25) is 0 Å². The van der Waals surface area contributed by atoms with Crippen LogP contribution in [0.15, 0.2) is 52.9 Å². The number of hydrogen-bond acceptors (Lipinski definition) is 5. The minimum atomic E-state index is -0.948. The van der Waals surface area contributed by atoms with E-state index in [1.807, 2.05) is 54.4 Å². The second-order valence-electron chi connectivity index (χ2n) is 6.35. The van der Waals surface area contributed by atoms with Crippen molar-refractivity contribution in [2.24, 2.45) is 7.05 Å². The SMILES string of the molecule is CN(CCOc1ccc2cc(C(=O)O)n(C)c2c1)c1nc2ccccc2o1. The lowest BCUT2D eigenvalue weighted by atomic mass is 10.2. The fraction of sp³-hybridized carbons (Fsp3) is 0.200. The fourth-order valence-electron chi connectivity index (χ4n) is 3.02. The van der Waals surface area contributed by atoms with Gasteiger partial charge in [-0.1, -0.05) is 12.1 Å². The molecule has 2 aromatic heterocycles. The number of hydrogen-bond donors (Lipinski definition) is 1. The van der Waals surface area contributed by atoms with Crippen molar-refractivity contribution in [1.82, 2.24) is 9.55 Å². The van der Waals surface area contributed by atoms with Crippen LogP contribution in [0, 0.1) is 0 Å². The molecule has 0 spiro atoms. The lowest BCUT2D eigenvalue weighted by molar-refractivity contribution is 0.0687. The molecule has 0 aliphatic carbocycles. The molecular formula is C20H19N3O4. The zero-order valence-corrected chi connectivity index (χ0v) is 15.0. The third kappa shape index (κ3) is 3.19. The van der Waals surface area contributed by atoms with Crippen molar-refractivity contribution < 1.29 is 19.1 Å². The molecule has 7 heteroatoms. The number of aromatic nitrogens is 2. The van der Waals surface area contributed by atoms with Gasteiger partial charge >= 0.3 is 5.97 Å². The van der Waals surface area contributed by atoms with Gasteiger partial charge in [-0.2, -0.15) is 4.98 Å². The minimum Gasteiger partial charge on any atom is -0.492 e. The highest BCUT2D eigenvalue weighted by Gasteiger charge is 2.13. The molecular weight excluding hydrogens is 346 g/mol. The normalized spacial score (nSPS) is 11.2. The molecule has 0 bridgehead atoms. The van der Waals surface area contributed by atoms with E-state index in [1.165, 1.54) is 0 Å². The summed E-state index contributed by atoms with van der Waals surface area (Å²) in [5.74, 6) is -0.261. The molecule has 7 nitrogen and oxygen atoms in total. The first-order valence-corrected chi connectivity index (χ1v) is 8.55. The Morgan fingerprint density at radius 1 is 1.26 bits per heavy atom. The molecule has 0 aliphatic heterocycles. The third-order valence-electron chi connectivity index (χ3n) is 4.54. The van der Waals surface area contributed by atoms with Crippen molar-refractivity contribution in [1.29, 1.82) is 0 Å². The van der Waals surface area contributed by atoms with E-state index in [0.717, 1.165) is 22.0 Å². The van der Waals surface area contributed by atoms with Crippen LogP contribution in [0.4, 0.5) is 6.01 Å². The van der Waals surface area contributed by atoms with E-state index in [4.69, 9.17) is 9.15 Å². The van der Waals surface area contributed by atoms with Gasteiger partial charge in [0.15, 0.2) is 5.58 Å². The second-order valence-corrected chi connectivity index (χ2v) is 6.35. The Hall–Kier alpha value is -3.48. The molecule has 1 N–H and O–H groups in total. The summed E-state index contributed by atoms with van der Waals surface area (Å²) in [6.45, 7) is 1.04. The molecule has 4 rings (SSSR count). The summed E-state index contributed by atoms with van der Waals surface area (Å²) >= 11 is 0. The number of nitrogens with zero attached hydrogens (tertiary/aromatic N) is 3. The van der Waals surface area contributed by atoms with Gasteiger partial charge in [0.2, 0.25) is 0 Å². The summed E-state index contributed by atoms with van der Waals surface area (Å²) in [6, 6.07) is 15.4. The smallest absolute Gasteiger partial charge is 0.352 e. The molecule has 0 saturated heterocycles. The van der Waals surface area contributed by atoms with Gasteiger partial charge in [0.1, 0.15) is 23.6 Å². The number of para-hydroxylation sites is 2. The fourth-order valence-corrected chi connectivity index (χ4v) is 3.02. The van der Waals surface area contributed by atoms with Crippen molar-refractivity contribution in [3.8, 4) is 5.75 Å². The molecule has 27 heavy (non-hydrogen) atoms. The Labute approximate surface area is 155 Å². The number of benzene rings is 2. The Balaban J connectivity index is 1.43. The zero-order chi connectivity index (χ0) is 19.0. The maximum Gasteiger partial charge on any atom is 0.352 e. The van der Waals surface area contributed by atoms with Crippen LogP contribution < -0.4 is 9.64 Å². The molecule has 0 fully saturated rings. The predicted molar refractivity (Wildman–Crippen MR) is 103 cm³/mol. The molecule has 0 unspecified atom stereocenters. The van der Waals surface area contributed by atoms with Crippen LogP contribution in [0.1, 0.15) is 10.5 Å². The average molecular weight is 365 g/mol. The summed E-state index contributed by atoms with van der Waals surface area (Å²) < 4.78 is 13.2. The van der Waals surface area contributed by atoms with Gasteiger partial charge in [-0.25, -0.2) is 4.79 Å². The molecule has 4 aromatic rings. The lowest BCUT2D eigenvalue weighted by Gasteiger charge is -2.15. The summed E-state index contributed by atoms with van der Waals surface area (Å²) in [4.78, 5) is 17.6. The monoisotopic (exact) mass is 365 g/mol. The van der Waals surface area contributed by atoms with E-state index >= 15 is 0 Å². The van der Waals surface area contributed by atoms with Crippen molar-refractivity contribution >= 4 is 34.0 Å². The number of rotatable bonds is 6. The molecule has 0 radical (unpaired) electrons. The number of aromatic carboxylic acids is 1. The average Bonchev–Trinajstić information content (AvgIpc) is 3.23. The van der Waals surface area contributed by atoms with E-state index in [9.17, 15) is 9.90 Å². The molecule has 0 amide bonds. The second kappa shape index (κ2) is 6.68. The van der Waals surface area contributed by atoms with Gasteiger partial charge in [0.25, 0.3) is 6.01 Å². The number of anilines is 1. The standard InChI is InChI=1S/C20H19N3O4/c1-22(20-21-15-5-3-4-6-18(15)27-20)9-10-26-14-8-7-13-11-17(19(24)25)23(2)16(13)12-14/h3-8,11-12H,9-10H2,1-2H3,(H,24,25). The molecule has 2 aromatic carbocycles. The first kappa shape index (κ1) is 17.0. The van der Waals surface area contributed by atoms with E-state index in [1.54, 1.807) is 17.7 Å². The molecule has 138 valence electrons. The van der Waals surface area contributed by atoms with Crippen LogP contribution >= 0.6 is 0 Å². The number of fused-ring (bicyclic) bond motifs is 2. The van der Waals surface area contributed by atoms with E-state index in [-0.39, 0.29) is 5.69 Å². The lowest BCUT2D eigenvalue weighted by Crippen LogP contribution is -2.23. The number of aryl methyl sites for hydroxylation is 1. The van der Waals surface area contributed by atoms with Crippen molar-refractivity contribution in [2.45, 2.75) is 0 Å². The maximum absolute atomic E-state index is 11.3. The highest BCUT2D eigenvalue weighted by molar-refractivity contribution is 5.95. The first-order chi connectivity index (χ1) is 13.0. The summed E-state index contributed by atoms with van der Waals surface area (Å²) in [5.41, 5.74) is 2.64. The van der Waals surface area contributed by atoms with E-state index in [2.05, 4.69) is 4.98 Å². The van der Waals surface area contributed by atoms with Gasteiger partial charge in [-0.15, -0.1) is 0 Å². The van der Waals surface area contributed by atoms with Crippen LogP contribution in [-0.2, 0) is 7.05 Å². The van der Waals surface area contributed by atoms with Gasteiger partial charge in [0, 0.05) is 25.5 Å². The van der Waals surface area contributed by atoms with Gasteiger partial charge in [-0.05, 0) is 30.3 Å². The zero-order valence-electron chi connectivity index (χ0n) is 15.0. The Bertz CT molecular complexity index is 1100. The Morgan fingerprint density at radius 3 is 2.85 bits per heavy atom. The van der Waals surface area contributed by atoms with Gasteiger partial charge in [-0.3, -0.25) is 0 Å². The predicted octanol–water partition coefficient (Wildman–Crippen LogP) is 3.53. The largest absolute Gasteiger partial charge is 0.492 e. The van der Waals surface area contributed by atoms with Gasteiger partial charge in [0.05, 0.1) is 12.1 Å². The number of carboxylic acids is 1. The number of oxazole rings is 1. The minimum absolute atomic E-state index is 0.248. The highest BCUT2D eigenvalue weighted by atomic mass is 16.5. The topological polar surface area (TPSA) is 80.7 Å². The summed E-state index contributed by atoms with van der Waals surface area (Å²) in [6.07, 6.45) is 0. The molecule has 2 heterocycles. The van der Waals surface area contributed by atoms with Crippen LogP contribution in [0.3, 0.4) is 0 Å². The first-order valence-electron chi connectivity index (χ1n) is 8.55. The molecule has 0 aliphatic rings. The van der Waals surface area contributed by atoms with Crippen LogP contribution in [0.25, 0.3) is 22.0 Å². The van der Waals surface area contributed by atoms with Crippen LogP contribution in [-0.4, -0.2) is 40.8 Å². The van der Waals surface area contributed by atoms with E-state index in [0.29, 0.717) is 24.9 Å². The van der Waals surface area contributed by atoms with Crippen LogP contribution in [0.5, 0.6) is 5.75 Å². The molecule has 0 atom stereocenters. The number of ether oxygens (including phenoxy) is 1. The number of carboxylic acid groups (broad SMARTS) is 1. The number of carbonyl (C=O) groups is 1. The quantitative estimate of drug-likeness (QED) is 0.563. The maximum atomic E-state index is 11.3. The highest BCUT2D eigenvalue weighted by Crippen LogP contribution is 2.24. The van der Waals surface area contributed by atoms with Crippen molar-refractivity contribution in [3.63, 3.8) is 0 Å². The third-order valence-corrected chi connectivity index (χ3v) is 4.54. The number of likely N-dealkylation sites (N-methyl/N-ethyl adjacent to an activating group) is 1. The van der Waals surface area contributed by atoms with Crippen molar-refractivity contribution in [3.05, 3.63) is 54.2 Å². The Morgan fingerprint density at radius 2 is 2.07 bits per heavy atom. The summed E-state index contributed by atoms with van der Waals surface area (Å²) in [5, 5.41) is 10.1. The van der Waals surface area contributed by atoms with Crippen molar-refractivity contribution in [2.75, 3.05) is 25.1 Å².